The van der Waals surface area contributed by atoms with E-state index in [4.69, 9.17) is 21.1 Å². The highest BCUT2D eigenvalue weighted by Crippen LogP contribution is 2.28. The van der Waals surface area contributed by atoms with Crippen molar-refractivity contribution in [3.8, 4) is 11.5 Å². The van der Waals surface area contributed by atoms with Crippen molar-refractivity contribution in [3.05, 3.63) is 53.1 Å². The number of nitrogens with zero attached hydrogens (tertiary/aromatic N) is 1. The molecule has 148 valence electrons. The Kier molecular flexibility index (Phi) is 8.30. The first-order valence-electron chi connectivity index (χ1n) is 8.79. The fourth-order valence-corrected chi connectivity index (χ4v) is 2.45. The van der Waals surface area contributed by atoms with Crippen molar-refractivity contribution in [1.29, 1.82) is 0 Å². The molecule has 2 aromatic carbocycles. The number of anilines is 1. The molecule has 0 atom stereocenters. The molecule has 0 bridgehead atoms. The van der Waals surface area contributed by atoms with Crippen LogP contribution in [0, 0.1) is 0 Å². The van der Waals surface area contributed by atoms with Crippen molar-refractivity contribution in [1.82, 2.24) is 5.43 Å². The van der Waals surface area contributed by atoms with Crippen LogP contribution in [-0.2, 0) is 9.59 Å². The number of carbonyl (C=O) groups is 2. The summed E-state index contributed by atoms with van der Waals surface area (Å²) in [4.78, 5) is 23.8. The van der Waals surface area contributed by atoms with Crippen LogP contribution in [0.25, 0.3) is 0 Å². The second-order valence-electron chi connectivity index (χ2n) is 5.57. The first kappa shape index (κ1) is 21.2. The molecular formula is C20H22ClN3O4. The number of hydrazone groups is 1. The van der Waals surface area contributed by atoms with E-state index in [1.54, 1.807) is 42.5 Å². The standard InChI is InChI=1S/C20H22ClN3O4/c1-3-27-17-10-9-14(11-18(17)28-4-2)13-22-24-20(26)12-19(25)23-16-8-6-5-7-15(16)21/h5-11,13H,3-4,12H2,1-2H3,(H,23,25)(H,24,26). The summed E-state index contributed by atoms with van der Waals surface area (Å²) in [6.07, 6.45) is 1.08. The molecule has 0 saturated heterocycles. The Morgan fingerprint density at radius 2 is 1.75 bits per heavy atom. The fraction of sp³-hybridized carbons (Fsp3) is 0.250. The van der Waals surface area contributed by atoms with Crippen LogP contribution < -0.4 is 20.2 Å². The Labute approximate surface area is 168 Å². The number of hydrogen-bond donors (Lipinski definition) is 2. The topological polar surface area (TPSA) is 89.0 Å². The number of rotatable bonds is 9. The maximum absolute atomic E-state index is 11.9. The lowest BCUT2D eigenvalue weighted by molar-refractivity contribution is -0.126. The second-order valence-corrected chi connectivity index (χ2v) is 5.98. The van der Waals surface area contributed by atoms with E-state index in [2.05, 4.69) is 15.8 Å². The van der Waals surface area contributed by atoms with Crippen molar-refractivity contribution in [2.45, 2.75) is 20.3 Å². The molecule has 0 aliphatic carbocycles. The van der Waals surface area contributed by atoms with Gasteiger partial charge in [-0.1, -0.05) is 23.7 Å². The zero-order chi connectivity index (χ0) is 20.4. The normalized spacial score (nSPS) is 10.5. The number of ether oxygens (including phenoxy) is 2. The van der Waals surface area contributed by atoms with E-state index in [-0.39, 0.29) is 6.42 Å². The van der Waals surface area contributed by atoms with Gasteiger partial charge >= 0.3 is 0 Å². The zero-order valence-electron chi connectivity index (χ0n) is 15.7. The predicted octanol–water partition coefficient (Wildman–Crippen LogP) is 3.62. The Morgan fingerprint density at radius 1 is 1.04 bits per heavy atom. The number of hydrogen-bond acceptors (Lipinski definition) is 5. The van der Waals surface area contributed by atoms with Crippen molar-refractivity contribution < 1.29 is 19.1 Å². The molecule has 0 aliphatic heterocycles. The van der Waals surface area contributed by atoms with Gasteiger partial charge in [-0.3, -0.25) is 9.59 Å². The summed E-state index contributed by atoms with van der Waals surface area (Å²) in [5.74, 6) is 0.206. The molecule has 0 spiro atoms. The van der Waals surface area contributed by atoms with E-state index < -0.39 is 11.8 Å². The molecule has 2 amide bonds. The summed E-state index contributed by atoms with van der Waals surface area (Å²) in [6, 6.07) is 12.1. The summed E-state index contributed by atoms with van der Waals surface area (Å²) in [7, 11) is 0. The van der Waals surface area contributed by atoms with Gasteiger partial charge in [0.05, 0.1) is 30.1 Å². The van der Waals surface area contributed by atoms with Gasteiger partial charge in [-0.05, 0) is 49.7 Å². The summed E-state index contributed by atoms with van der Waals surface area (Å²) in [5.41, 5.74) is 3.48. The lowest BCUT2D eigenvalue weighted by atomic mass is 10.2. The minimum Gasteiger partial charge on any atom is -0.490 e. The SMILES string of the molecule is CCOc1ccc(C=NNC(=O)CC(=O)Nc2ccccc2Cl)cc1OCC. The molecule has 0 aromatic heterocycles. The van der Waals surface area contributed by atoms with Crippen LogP contribution in [0.5, 0.6) is 11.5 Å². The molecule has 0 fully saturated rings. The highest BCUT2D eigenvalue weighted by atomic mass is 35.5. The predicted molar refractivity (Wildman–Crippen MR) is 109 cm³/mol. The van der Waals surface area contributed by atoms with Gasteiger partial charge in [-0.25, -0.2) is 5.43 Å². The van der Waals surface area contributed by atoms with Crippen LogP contribution in [0.4, 0.5) is 5.69 Å². The molecule has 2 rings (SSSR count). The highest BCUT2D eigenvalue weighted by molar-refractivity contribution is 6.33. The molecule has 2 N–H and O–H groups in total. The molecule has 8 heteroatoms. The summed E-state index contributed by atoms with van der Waals surface area (Å²) < 4.78 is 11.0. The summed E-state index contributed by atoms with van der Waals surface area (Å²) >= 11 is 5.96. The number of benzene rings is 2. The maximum atomic E-state index is 11.9. The van der Waals surface area contributed by atoms with Crippen LogP contribution in [-0.4, -0.2) is 31.2 Å². The van der Waals surface area contributed by atoms with Crippen molar-refractivity contribution in [2.24, 2.45) is 5.10 Å². The van der Waals surface area contributed by atoms with Crippen LogP contribution in [0.2, 0.25) is 5.02 Å². The van der Waals surface area contributed by atoms with E-state index in [1.165, 1.54) is 6.21 Å². The fourth-order valence-electron chi connectivity index (χ4n) is 2.27. The van der Waals surface area contributed by atoms with Crippen molar-refractivity contribution in [3.63, 3.8) is 0 Å². The lowest BCUT2D eigenvalue weighted by Gasteiger charge is -2.11. The Morgan fingerprint density at radius 3 is 2.46 bits per heavy atom. The summed E-state index contributed by atoms with van der Waals surface area (Å²) in [5, 5.41) is 6.84. The number of amides is 2. The Bertz CT molecular complexity index is 855. The lowest BCUT2D eigenvalue weighted by Crippen LogP contribution is -2.24. The first-order valence-corrected chi connectivity index (χ1v) is 9.17. The van der Waals surface area contributed by atoms with E-state index in [0.29, 0.717) is 41.0 Å². The number of para-hydroxylation sites is 1. The molecule has 28 heavy (non-hydrogen) atoms. The smallest absolute Gasteiger partial charge is 0.249 e. The molecule has 7 nitrogen and oxygen atoms in total. The Balaban J connectivity index is 1.89. The van der Waals surface area contributed by atoms with Gasteiger partial charge in [0.15, 0.2) is 11.5 Å². The minimum atomic E-state index is -0.545. The molecular weight excluding hydrogens is 382 g/mol. The van der Waals surface area contributed by atoms with Gasteiger partial charge in [0.1, 0.15) is 6.42 Å². The van der Waals surface area contributed by atoms with E-state index in [0.717, 1.165) is 0 Å². The van der Waals surface area contributed by atoms with Crippen LogP contribution >= 0.6 is 11.6 Å². The molecule has 2 aromatic rings. The molecule has 0 unspecified atom stereocenters. The van der Waals surface area contributed by atoms with Crippen LogP contribution in [0.15, 0.2) is 47.6 Å². The van der Waals surface area contributed by atoms with Crippen molar-refractivity contribution >= 4 is 35.3 Å². The number of nitrogens with one attached hydrogen (secondary N) is 2. The van der Waals surface area contributed by atoms with Gasteiger partial charge in [-0.15, -0.1) is 0 Å². The first-order chi connectivity index (χ1) is 13.5. The monoisotopic (exact) mass is 403 g/mol. The van der Waals surface area contributed by atoms with Gasteiger partial charge in [-0.2, -0.15) is 5.10 Å². The van der Waals surface area contributed by atoms with Crippen LogP contribution in [0.3, 0.4) is 0 Å². The van der Waals surface area contributed by atoms with Gasteiger partial charge in [0.25, 0.3) is 0 Å². The van der Waals surface area contributed by atoms with Gasteiger partial charge in [0, 0.05) is 0 Å². The number of halogens is 1. The van der Waals surface area contributed by atoms with E-state index in [9.17, 15) is 9.59 Å². The average Bonchev–Trinajstić information content (AvgIpc) is 2.66. The highest BCUT2D eigenvalue weighted by Gasteiger charge is 2.10. The second kappa shape index (κ2) is 10.9. The minimum absolute atomic E-state index is 0.379. The number of carbonyl (C=O) groups excluding carboxylic acids is 2. The van der Waals surface area contributed by atoms with Crippen LogP contribution in [0.1, 0.15) is 25.8 Å². The van der Waals surface area contributed by atoms with Crippen molar-refractivity contribution in [2.75, 3.05) is 18.5 Å². The summed E-state index contributed by atoms with van der Waals surface area (Å²) in [6.45, 7) is 4.80. The largest absolute Gasteiger partial charge is 0.490 e. The third-order valence-electron chi connectivity index (χ3n) is 3.44. The molecule has 0 saturated carbocycles. The van der Waals surface area contributed by atoms with Gasteiger partial charge in [0.2, 0.25) is 11.8 Å². The molecule has 0 heterocycles. The zero-order valence-corrected chi connectivity index (χ0v) is 16.5. The third kappa shape index (κ3) is 6.59. The Hall–Kier alpha value is -3.06. The van der Waals surface area contributed by atoms with E-state index in [1.807, 2.05) is 13.8 Å². The average molecular weight is 404 g/mol. The molecule has 0 aliphatic rings. The maximum Gasteiger partial charge on any atom is 0.249 e. The quantitative estimate of drug-likeness (QED) is 0.380. The third-order valence-corrected chi connectivity index (χ3v) is 3.77. The van der Waals surface area contributed by atoms with E-state index >= 15 is 0 Å². The molecule has 0 radical (unpaired) electrons. The van der Waals surface area contributed by atoms with Gasteiger partial charge < -0.3 is 14.8 Å².